The monoisotopic (exact) mass is 222 g/mol. The molecular weight excluding hydrogens is 200 g/mol. The van der Waals surface area contributed by atoms with Gasteiger partial charge < -0.3 is 24.3 Å². The minimum atomic E-state index is -2.43. The van der Waals surface area contributed by atoms with Crippen LogP contribution in [0.1, 0.15) is 6.92 Å². The van der Waals surface area contributed by atoms with Crippen LogP contribution >= 0.6 is 0 Å². The van der Waals surface area contributed by atoms with Gasteiger partial charge in [0.1, 0.15) is 0 Å². The highest BCUT2D eigenvalue weighted by molar-refractivity contribution is 6.60. The molecule has 86 valence electrons. The van der Waals surface area contributed by atoms with Crippen LogP contribution in [0, 0.1) is 0 Å². The van der Waals surface area contributed by atoms with Crippen molar-refractivity contribution >= 4 is 8.80 Å². The summed E-state index contributed by atoms with van der Waals surface area (Å²) in [6, 6.07) is 1.03. The topological polar surface area (TPSA) is 65.7 Å². The molecule has 0 aliphatic rings. The van der Waals surface area contributed by atoms with Crippen LogP contribution in [-0.2, 0) is 13.3 Å². The van der Waals surface area contributed by atoms with Gasteiger partial charge in [0, 0.05) is 46.5 Å². The van der Waals surface area contributed by atoms with Crippen LogP contribution in [0.4, 0.5) is 0 Å². The zero-order chi connectivity index (χ0) is 11.0. The van der Waals surface area contributed by atoms with Crippen molar-refractivity contribution in [2.24, 2.45) is 5.73 Å². The first-order valence-corrected chi connectivity index (χ1v) is 6.66. The Bertz CT molecular complexity index is 136. The number of rotatable bonds is 8. The summed E-state index contributed by atoms with van der Waals surface area (Å²) in [7, 11) is 2.43. The highest BCUT2D eigenvalue weighted by Gasteiger charge is 2.39. The molecule has 0 saturated heterocycles. The van der Waals surface area contributed by atoms with Gasteiger partial charge in [0.15, 0.2) is 0 Å². The Morgan fingerprint density at radius 2 is 1.71 bits per heavy atom. The fourth-order valence-corrected chi connectivity index (χ4v) is 3.17. The van der Waals surface area contributed by atoms with Gasteiger partial charge in [-0.05, 0) is 6.92 Å². The number of hydrogen-bond acceptors (Lipinski definition) is 5. The van der Waals surface area contributed by atoms with Crippen molar-refractivity contribution in [1.29, 1.82) is 0 Å². The van der Waals surface area contributed by atoms with E-state index in [1.807, 2.05) is 0 Å². The van der Waals surface area contributed by atoms with Crippen molar-refractivity contribution in [3.63, 3.8) is 0 Å². The van der Waals surface area contributed by atoms with Gasteiger partial charge in [-0.3, -0.25) is 0 Å². The minimum Gasteiger partial charge on any atom is -0.377 e. The molecule has 14 heavy (non-hydrogen) atoms. The summed E-state index contributed by atoms with van der Waals surface area (Å²) in [5.41, 5.74) is 5.39. The Morgan fingerprint density at radius 3 is 2.07 bits per heavy atom. The molecule has 0 saturated carbocycles. The second kappa shape index (κ2) is 7.33. The van der Waals surface area contributed by atoms with Gasteiger partial charge >= 0.3 is 8.80 Å². The summed E-state index contributed by atoms with van der Waals surface area (Å²) in [5.74, 6) is 0. The standard InChI is InChI=1S/C8H22N2O3Si/c1-8(10-6-5-9)7-14(11-2,12-3)13-4/h8,10H,5-7,9H2,1-4H3. The van der Waals surface area contributed by atoms with Gasteiger partial charge in [-0.25, -0.2) is 0 Å². The normalized spacial score (nSPS) is 14.4. The summed E-state index contributed by atoms with van der Waals surface area (Å²) in [4.78, 5) is 0. The lowest BCUT2D eigenvalue weighted by atomic mass is 10.4. The summed E-state index contributed by atoms with van der Waals surface area (Å²) >= 11 is 0. The van der Waals surface area contributed by atoms with E-state index in [-0.39, 0.29) is 6.04 Å². The van der Waals surface area contributed by atoms with Crippen LogP contribution in [0.25, 0.3) is 0 Å². The molecular formula is C8H22N2O3Si. The first-order valence-electron chi connectivity index (χ1n) is 4.73. The molecule has 0 rings (SSSR count). The molecule has 0 heterocycles. The molecule has 0 aromatic heterocycles. The lowest BCUT2D eigenvalue weighted by Gasteiger charge is -2.27. The van der Waals surface area contributed by atoms with Crippen molar-refractivity contribution in [2.45, 2.75) is 19.0 Å². The molecule has 5 nitrogen and oxygen atoms in total. The Hall–Kier alpha value is 0.0169. The fourth-order valence-electron chi connectivity index (χ4n) is 1.28. The molecule has 0 radical (unpaired) electrons. The molecule has 0 fully saturated rings. The van der Waals surface area contributed by atoms with E-state index in [1.165, 1.54) is 0 Å². The van der Waals surface area contributed by atoms with Crippen LogP contribution < -0.4 is 11.1 Å². The molecule has 0 spiro atoms. The van der Waals surface area contributed by atoms with Gasteiger partial charge in [0.05, 0.1) is 0 Å². The Morgan fingerprint density at radius 1 is 1.21 bits per heavy atom. The second-order valence-electron chi connectivity index (χ2n) is 3.14. The minimum absolute atomic E-state index is 0.282. The average molecular weight is 222 g/mol. The van der Waals surface area contributed by atoms with Crippen LogP contribution in [0.3, 0.4) is 0 Å². The predicted molar refractivity (Wildman–Crippen MR) is 58.1 cm³/mol. The molecule has 1 unspecified atom stereocenters. The van der Waals surface area contributed by atoms with E-state index in [0.29, 0.717) is 6.54 Å². The predicted octanol–water partition coefficient (Wildman–Crippen LogP) is -0.199. The smallest absolute Gasteiger partial charge is 0.377 e. The zero-order valence-corrected chi connectivity index (χ0v) is 10.5. The summed E-state index contributed by atoms with van der Waals surface area (Å²) in [6.45, 7) is 3.49. The molecule has 0 aromatic rings. The number of hydrogen-bond donors (Lipinski definition) is 2. The maximum atomic E-state index is 5.39. The third-order valence-electron chi connectivity index (χ3n) is 2.13. The van der Waals surface area contributed by atoms with Gasteiger partial charge in [-0.15, -0.1) is 0 Å². The summed E-state index contributed by atoms with van der Waals surface area (Å²) in [5, 5.41) is 3.26. The van der Waals surface area contributed by atoms with E-state index in [4.69, 9.17) is 19.0 Å². The maximum Gasteiger partial charge on any atom is 0.501 e. The van der Waals surface area contributed by atoms with Crippen molar-refractivity contribution in [3.05, 3.63) is 0 Å². The molecule has 0 aliphatic carbocycles. The van der Waals surface area contributed by atoms with Crippen molar-refractivity contribution in [2.75, 3.05) is 34.4 Å². The van der Waals surface area contributed by atoms with E-state index in [0.717, 1.165) is 12.6 Å². The molecule has 1 atom stereocenters. The molecule has 0 bridgehead atoms. The molecule has 6 heteroatoms. The second-order valence-corrected chi connectivity index (χ2v) is 6.14. The Balaban J connectivity index is 4.01. The third kappa shape index (κ3) is 4.49. The van der Waals surface area contributed by atoms with Gasteiger partial charge in [-0.1, -0.05) is 0 Å². The molecule has 0 aliphatic heterocycles. The first kappa shape index (κ1) is 14.0. The van der Waals surface area contributed by atoms with Gasteiger partial charge in [0.2, 0.25) is 0 Å². The molecule has 0 aromatic carbocycles. The number of nitrogens with one attached hydrogen (secondary N) is 1. The highest BCUT2D eigenvalue weighted by atomic mass is 28.4. The Labute approximate surface area is 87.3 Å². The van der Waals surface area contributed by atoms with E-state index in [1.54, 1.807) is 21.3 Å². The lowest BCUT2D eigenvalue weighted by Crippen LogP contribution is -2.48. The Kier molecular flexibility index (Phi) is 7.34. The first-order chi connectivity index (χ1) is 6.64. The average Bonchev–Trinajstić information content (AvgIpc) is 2.23. The van der Waals surface area contributed by atoms with Crippen LogP contribution in [0.2, 0.25) is 6.04 Å². The van der Waals surface area contributed by atoms with Gasteiger partial charge in [0.25, 0.3) is 0 Å². The highest BCUT2D eigenvalue weighted by Crippen LogP contribution is 2.14. The van der Waals surface area contributed by atoms with Crippen LogP contribution in [0.15, 0.2) is 0 Å². The fraction of sp³-hybridized carbons (Fsp3) is 1.00. The van der Waals surface area contributed by atoms with E-state index in [2.05, 4.69) is 12.2 Å². The molecule has 3 N–H and O–H groups in total. The van der Waals surface area contributed by atoms with Crippen LogP contribution in [0.5, 0.6) is 0 Å². The zero-order valence-electron chi connectivity index (χ0n) is 9.50. The van der Waals surface area contributed by atoms with E-state index < -0.39 is 8.80 Å². The van der Waals surface area contributed by atoms with Crippen molar-refractivity contribution in [3.8, 4) is 0 Å². The molecule has 0 amide bonds. The van der Waals surface area contributed by atoms with Gasteiger partial charge in [-0.2, -0.15) is 0 Å². The van der Waals surface area contributed by atoms with E-state index in [9.17, 15) is 0 Å². The summed E-state index contributed by atoms with van der Waals surface area (Å²) < 4.78 is 15.9. The summed E-state index contributed by atoms with van der Waals surface area (Å²) in [6.07, 6.45) is 0. The van der Waals surface area contributed by atoms with Crippen molar-refractivity contribution in [1.82, 2.24) is 5.32 Å². The number of nitrogens with two attached hydrogens (primary N) is 1. The lowest BCUT2D eigenvalue weighted by molar-refractivity contribution is 0.120. The van der Waals surface area contributed by atoms with Crippen LogP contribution in [-0.4, -0.2) is 49.3 Å². The SMILES string of the molecule is CO[Si](CC(C)NCCN)(OC)OC. The maximum absolute atomic E-state index is 5.39. The van der Waals surface area contributed by atoms with E-state index >= 15 is 0 Å². The largest absolute Gasteiger partial charge is 0.501 e. The van der Waals surface area contributed by atoms with Crippen molar-refractivity contribution < 1.29 is 13.3 Å². The third-order valence-corrected chi connectivity index (χ3v) is 5.10. The quantitative estimate of drug-likeness (QED) is 0.557.